The van der Waals surface area contributed by atoms with Crippen molar-refractivity contribution in [2.45, 2.75) is 33.8 Å². The second kappa shape index (κ2) is 6.66. The number of nitrogens with zero attached hydrogens (tertiary/aromatic N) is 1. The van der Waals surface area contributed by atoms with Gasteiger partial charge < -0.3 is 9.64 Å². The van der Waals surface area contributed by atoms with Gasteiger partial charge in [0.25, 0.3) is 0 Å². The summed E-state index contributed by atoms with van der Waals surface area (Å²) in [4.78, 5) is 13.5. The molecule has 0 bridgehead atoms. The average molecular weight is 267 g/mol. The van der Waals surface area contributed by atoms with Crippen LogP contribution in [0.4, 0.5) is 10.1 Å². The number of anilines is 1. The van der Waals surface area contributed by atoms with Crippen LogP contribution < -0.4 is 4.90 Å². The molecule has 0 aliphatic heterocycles. The van der Waals surface area contributed by atoms with E-state index in [1.54, 1.807) is 13.0 Å². The SMILES string of the molecule is CC(=O)c1cc(F)c(C)cc1N(C)CCOC(C)C. The normalized spacial score (nSPS) is 10.9. The summed E-state index contributed by atoms with van der Waals surface area (Å²) < 4.78 is 19.0. The molecule has 1 aromatic rings. The number of hydrogen-bond acceptors (Lipinski definition) is 3. The Balaban J connectivity index is 2.91. The highest BCUT2D eigenvalue weighted by Gasteiger charge is 2.14. The molecule has 0 aromatic heterocycles. The van der Waals surface area contributed by atoms with Gasteiger partial charge in [-0.15, -0.1) is 0 Å². The van der Waals surface area contributed by atoms with Crippen LogP contribution in [-0.2, 0) is 4.74 Å². The van der Waals surface area contributed by atoms with Crippen LogP contribution in [0.3, 0.4) is 0 Å². The minimum absolute atomic E-state index is 0.134. The van der Waals surface area contributed by atoms with E-state index < -0.39 is 0 Å². The lowest BCUT2D eigenvalue weighted by Crippen LogP contribution is -2.25. The van der Waals surface area contributed by atoms with Gasteiger partial charge in [-0.2, -0.15) is 0 Å². The first-order valence-electron chi connectivity index (χ1n) is 6.46. The molecular weight excluding hydrogens is 245 g/mol. The van der Waals surface area contributed by atoms with Crippen molar-refractivity contribution in [3.05, 3.63) is 29.1 Å². The molecule has 0 amide bonds. The number of Topliss-reactive ketones (excluding diaryl/α,β-unsaturated/α-hetero) is 1. The summed E-state index contributed by atoms with van der Waals surface area (Å²) in [6.07, 6.45) is 0.177. The van der Waals surface area contributed by atoms with Crippen molar-refractivity contribution >= 4 is 11.5 Å². The minimum atomic E-state index is -0.346. The fourth-order valence-electron chi connectivity index (χ4n) is 1.81. The van der Waals surface area contributed by atoms with Gasteiger partial charge in [0, 0.05) is 24.8 Å². The van der Waals surface area contributed by atoms with Gasteiger partial charge in [-0.05, 0) is 45.4 Å². The van der Waals surface area contributed by atoms with Crippen molar-refractivity contribution < 1.29 is 13.9 Å². The van der Waals surface area contributed by atoms with Crippen molar-refractivity contribution in [1.29, 1.82) is 0 Å². The van der Waals surface area contributed by atoms with E-state index in [9.17, 15) is 9.18 Å². The van der Waals surface area contributed by atoms with Crippen LogP contribution in [0.1, 0.15) is 36.7 Å². The van der Waals surface area contributed by atoms with Crippen molar-refractivity contribution in [3.8, 4) is 0 Å². The molecule has 0 unspecified atom stereocenters. The molecule has 1 rings (SSSR count). The van der Waals surface area contributed by atoms with E-state index in [2.05, 4.69) is 0 Å². The third-order valence-electron chi connectivity index (χ3n) is 2.95. The predicted octanol–water partition coefficient (Wildman–Crippen LogP) is 3.20. The van der Waals surface area contributed by atoms with Gasteiger partial charge in [-0.25, -0.2) is 4.39 Å². The van der Waals surface area contributed by atoms with Crippen LogP contribution in [0.2, 0.25) is 0 Å². The van der Waals surface area contributed by atoms with E-state index in [1.165, 1.54) is 13.0 Å². The Morgan fingerprint density at radius 2 is 2.05 bits per heavy atom. The Morgan fingerprint density at radius 3 is 2.58 bits per heavy atom. The van der Waals surface area contributed by atoms with E-state index >= 15 is 0 Å². The Bertz CT molecular complexity index is 458. The molecule has 0 N–H and O–H groups in total. The number of ketones is 1. The quantitative estimate of drug-likeness (QED) is 0.741. The first-order valence-corrected chi connectivity index (χ1v) is 6.46. The Morgan fingerprint density at radius 1 is 1.42 bits per heavy atom. The average Bonchev–Trinajstić information content (AvgIpc) is 2.31. The zero-order valence-corrected chi connectivity index (χ0v) is 12.3. The number of benzene rings is 1. The lowest BCUT2D eigenvalue weighted by atomic mass is 10.1. The molecule has 0 aliphatic carbocycles. The maximum Gasteiger partial charge on any atom is 0.161 e. The molecule has 0 aliphatic rings. The summed E-state index contributed by atoms with van der Waals surface area (Å²) in [6.45, 7) is 8.32. The summed E-state index contributed by atoms with van der Waals surface area (Å²) >= 11 is 0. The molecule has 106 valence electrons. The third kappa shape index (κ3) is 4.31. The van der Waals surface area contributed by atoms with E-state index in [0.717, 1.165) is 5.69 Å². The Kier molecular flexibility index (Phi) is 5.48. The molecule has 19 heavy (non-hydrogen) atoms. The van der Waals surface area contributed by atoms with E-state index in [-0.39, 0.29) is 17.7 Å². The molecule has 3 nitrogen and oxygen atoms in total. The maximum atomic E-state index is 13.5. The first-order chi connectivity index (χ1) is 8.82. The molecule has 0 saturated heterocycles. The summed E-state index contributed by atoms with van der Waals surface area (Å²) in [6, 6.07) is 3.02. The topological polar surface area (TPSA) is 29.5 Å². The van der Waals surface area contributed by atoms with Crippen LogP contribution >= 0.6 is 0 Å². The van der Waals surface area contributed by atoms with Crippen molar-refractivity contribution in [2.75, 3.05) is 25.1 Å². The molecule has 4 heteroatoms. The number of rotatable bonds is 6. The second-order valence-electron chi connectivity index (χ2n) is 5.02. The second-order valence-corrected chi connectivity index (χ2v) is 5.02. The van der Waals surface area contributed by atoms with Crippen molar-refractivity contribution in [2.24, 2.45) is 0 Å². The Hall–Kier alpha value is -1.42. The summed E-state index contributed by atoms with van der Waals surface area (Å²) in [5.74, 6) is -0.480. The maximum absolute atomic E-state index is 13.5. The highest BCUT2D eigenvalue weighted by molar-refractivity contribution is 5.99. The first kappa shape index (κ1) is 15.6. The van der Waals surface area contributed by atoms with Crippen LogP contribution in [0.25, 0.3) is 0 Å². The smallest absolute Gasteiger partial charge is 0.161 e. The largest absolute Gasteiger partial charge is 0.377 e. The summed E-state index contributed by atoms with van der Waals surface area (Å²) in [5.41, 5.74) is 1.70. The summed E-state index contributed by atoms with van der Waals surface area (Å²) in [7, 11) is 1.88. The van der Waals surface area contributed by atoms with Gasteiger partial charge >= 0.3 is 0 Å². The highest BCUT2D eigenvalue weighted by atomic mass is 19.1. The molecule has 0 atom stereocenters. The highest BCUT2D eigenvalue weighted by Crippen LogP contribution is 2.24. The number of aryl methyl sites for hydroxylation is 1. The number of ether oxygens (including phenoxy) is 1. The standard InChI is InChI=1S/C15H22FNO2/c1-10(2)19-7-6-17(5)15-8-11(3)14(16)9-13(15)12(4)18/h8-10H,6-7H2,1-5H3. The van der Waals surface area contributed by atoms with Gasteiger partial charge in [0.05, 0.1) is 12.7 Å². The van der Waals surface area contributed by atoms with E-state index in [1.807, 2.05) is 25.8 Å². The molecule has 0 spiro atoms. The van der Waals surface area contributed by atoms with Gasteiger partial charge in [0.15, 0.2) is 5.78 Å². The van der Waals surface area contributed by atoms with Crippen LogP contribution in [-0.4, -0.2) is 32.1 Å². The number of hydrogen-bond donors (Lipinski definition) is 0. The van der Waals surface area contributed by atoms with Gasteiger partial charge in [0.2, 0.25) is 0 Å². The Labute approximate surface area is 114 Å². The fourth-order valence-corrected chi connectivity index (χ4v) is 1.81. The van der Waals surface area contributed by atoms with E-state index in [0.29, 0.717) is 24.3 Å². The molecule has 0 radical (unpaired) electrons. The van der Waals surface area contributed by atoms with Crippen LogP contribution in [0.15, 0.2) is 12.1 Å². The number of carbonyl (C=O) groups is 1. The predicted molar refractivity (Wildman–Crippen MR) is 75.5 cm³/mol. The lowest BCUT2D eigenvalue weighted by Gasteiger charge is -2.23. The number of halogens is 1. The molecule has 1 aromatic carbocycles. The van der Waals surface area contributed by atoms with Gasteiger partial charge in [0.1, 0.15) is 5.82 Å². The lowest BCUT2D eigenvalue weighted by molar-refractivity contribution is 0.0845. The van der Waals surface area contributed by atoms with Crippen LogP contribution in [0, 0.1) is 12.7 Å². The minimum Gasteiger partial charge on any atom is -0.377 e. The zero-order chi connectivity index (χ0) is 14.6. The van der Waals surface area contributed by atoms with Crippen molar-refractivity contribution in [1.82, 2.24) is 0 Å². The monoisotopic (exact) mass is 267 g/mol. The molecule has 0 fully saturated rings. The zero-order valence-electron chi connectivity index (χ0n) is 12.3. The van der Waals surface area contributed by atoms with Gasteiger partial charge in [-0.1, -0.05) is 0 Å². The fraction of sp³-hybridized carbons (Fsp3) is 0.533. The third-order valence-corrected chi connectivity index (χ3v) is 2.95. The molecule has 0 heterocycles. The number of likely N-dealkylation sites (N-methyl/N-ethyl adjacent to an activating group) is 1. The van der Waals surface area contributed by atoms with Gasteiger partial charge in [-0.3, -0.25) is 4.79 Å². The molecule has 0 saturated carbocycles. The molecular formula is C15H22FNO2. The van der Waals surface area contributed by atoms with E-state index in [4.69, 9.17) is 4.74 Å². The summed E-state index contributed by atoms with van der Waals surface area (Å²) in [5, 5.41) is 0. The van der Waals surface area contributed by atoms with Crippen molar-refractivity contribution in [3.63, 3.8) is 0 Å². The number of carbonyl (C=O) groups excluding carboxylic acids is 1. The van der Waals surface area contributed by atoms with Crippen LogP contribution in [0.5, 0.6) is 0 Å².